The fourth-order valence-electron chi connectivity index (χ4n) is 1.65. The topological polar surface area (TPSA) is 60.2 Å². The lowest BCUT2D eigenvalue weighted by atomic mass is 10.1. The molecule has 3 nitrogen and oxygen atoms in total. The van der Waals surface area contributed by atoms with Crippen LogP contribution in [0.3, 0.4) is 0 Å². The Morgan fingerprint density at radius 1 is 1.28 bits per heavy atom. The molecule has 94 valence electrons. The molecule has 0 unspecified atom stereocenters. The molecule has 0 saturated heterocycles. The van der Waals surface area contributed by atoms with Crippen molar-refractivity contribution in [3.8, 4) is 10.4 Å². The first-order valence-corrected chi connectivity index (χ1v) is 7.78. The minimum absolute atomic E-state index is 0.0801. The summed E-state index contributed by atoms with van der Waals surface area (Å²) in [6.45, 7) is 0. The number of hydrogen-bond acceptors (Lipinski definition) is 3. The highest BCUT2D eigenvalue weighted by Gasteiger charge is 2.06. The average Bonchev–Trinajstić information content (AvgIpc) is 2.81. The largest absolute Gasteiger partial charge is 0.369 e. The second kappa shape index (κ2) is 5.93. The molecule has 0 aliphatic carbocycles. The molecule has 1 atom stereocenters. The van der Waals surface area contributed by atoms with Gasteiger partial charge >= 0.3 is 0 Å². The molecule has 0 spiro atoms. The molecule has 0 bridgehead atoms. The fraction of sp³-hybridized carbons (Fsp3) is 0.154. The molecule has 18 heavy (non-hydrogen) atoms. The van der Waals surface area contributed by atoms with E-state index in [1.54, 1.807) is 11.3 Å². The van der Waals surface area contributed by atoms with Gasteiger partial charge in [0.1, 0.15) is 5.75 Å². The maximum Gasteiger partial charge on any atom is 0.230 e. The molecule has 1 aromatic carbocycles. The van der Waals surface area contributed by atoms with Gasteiger partial charge in [0, 0.05) is 21.4 Å². The number of benzene rings is 1. The molecule has 5 heteroatoms. The van der Waals surface area contributed by atoms with Crippen LogP contribution in [0.2, 0.25) is 0 Å². The molecule has 2 aromatic rings. The molecule has 0 fully saturated rings. The van der Waals surface area contributed by atoms with E-state index in [0.717, 1.165) is 11.1 Å². The van der Waals surface area contributed by atoms with Crippen LogP contribution in [0.25, 0.3) is 10.4 Å². The van der Waals surface area contributed by atoms with Crippen LogP contribution in [0.5, 0.6) is 0 Å². The highest BCUT2D eigenvalue weighted by molar-refractivity contribution is 7.84. The van der Waals surface area contributed by atoms with E-state index < -0.39 is 16.7 Å². The highest BCUT2D eigenvalue weighted by atomic mass is 32.2. The molecular formula is C13H13NO2S2. The Labute approximate surface area is 112 Å². The van der Waals surface area contributed by atoms with E-state index in [4.69, 9.17) is 5.73 Å². The molecule has 1 amide bonds. The van der Waals surface area contributed by atoms with Gasteiger partial charge < -0.3 is 5.73 Å². The monoisotopic (exact) mass is 279 g/mol. The molecule has 0 saturated carbocycles. The van der Waals surface area contributed by atoms with E-state index >= 15 is 0 Å². The number of thiophene rings is 1. The lowest BCUT2D eigenvalue weighted by molar-refractivity contribution is -0.115. The van der Waals surface area contributed by atoms with Crippen LogP contribution in [-0.2, 0) is 21.3 Å². The number of amides is 1. The number of carbonyl (C=O) groups is 1. The van der Waals surface area contributed by atoms with Crippen LogP contribution in [0.15, 0.2) is 41.8 Å². The third-order valence-electron chi connectivity index (χ3n) is 2.36. The maximum absolute atomic E-state index is 11.6. The summed E-state index contributed by atoms with van der Waals surface area (Å²) in [4.78, 5) is 11.9. The Morgan fingerprint density at radius 2 is 2.11 bits per heavy atom. The van der Waals surface area contributed by atoms with E-state index in [1.807, 2.05) is 41.8 Å². The summed E-state index contributed by atoms with van der Waals surface area (Å²) in [7, 11) is -1.23. The quantitative estimate of drug-likeness (QED) is 0.911. The third kappa shape index (κ3) is 3.51. The van der Waals surface area contributed by atoms with Crippen molar-refractivity contribution in [3.05, 3.63) is 47.3 Å². The van der Waals surface area contributed by atoms with Crippen molar-refractivity contribution in [1.82, 2.24) is 0 Å². The van der Waals surface area contributed by atoms with Crippen molar-refractivity contribution >= 4 is 28.0 Å². The molecule has 0 aliphatic heterocycles. The summed E-state index contributed by atoms with van der Waals surface area (Å²) in [5.74, 6) is -0.242. The zero-order chi connectivity index (χ0) is 13.0. The first-order valence-electron chi connectivity index (χ1n) is 5.41. The van der Waals surface area contributed by atoms with Crippen LogP contribution in [0.4, 0.5) is 0 Å². The number of carbonyl (C=O) groups excluding carboxylic acids is 1. The fourth-order valence-corrected chi connectivity index (χ4v) is 3.35. The van der Waals surface area contributed by atoms with E-state index in [2.05, 4.69) is 0 Å². The second-order valence-electron chi connectivity index (χ2n) is 3.87. The van der Waals surface area contributed by atoms with Crippen LogP contribution >= 0.6 is 11.3 Å². The maximum atomic E-state index is 11.6. The Morgan fingerprint density at radius 3 is 2.78 bits per heavy atom. The Kier molecular flexibility index (Phi) is 4.28. The van der Waals surface area contributed by atoms with Crippen molar-refractivity contribution in [3.63, 3.8) is 0 Å². The van der Waals surface area contributed by atoms with Gasteiger partial charge in [-0.15, -0.1) is 11.3 Å². The van der Waals surface area contributed by atoms with Crippen molar-refractivity contribution in [1.29, 1.82) is 0 Å². The van der Waals surface area contributed by atoms with Crippen molar-refractivity contribution in [2.75, 3.05) is 5.75 Å². The number of hydrogen-bond donors (Lipinski definition) is 1. The third-order valence-corrected chi connectivity index (χ3v) is 4.54. The van der Waals surface area contributed by atoms with Gasteiger partial charge in [0.05, 0.1) is 0 Å². The summed E-state index contributed by atoms with van der Waals surface area (Å²) in [6.07, 6.45) is 0. The van der Waals surface area contributed by atoms with Gasteiger partial charge in [-0.1, -0.05) is 24.3 Å². The van der Waals surface area contributed by atoms with Crippen molar-refractivity contribution in [2.24, 2.45) is 5.73 Å². The van der Waals surface area contributed by atoms with Gasteiger partial charge in [0.15, 0.2) is 0 Å². The zero-order valence-corrected chi connectivity index (χ0v) is 11.3. The Bertz CT molecular complexity index is 564. The van der Waals surface area contributed by atoms with Crippen LogP contribution in [-0.4, -0.2) is 15.9 Å². The molecule has 0 aliphatic rings. The predicted molar refractivity (Wildman–Crippen MR) is 75.7 cm³/mol. The van der Waals surface area contributed by atoms with E-state index in [1.165, 1.54) is 4.88 Å². The average molecular weight is 279 g/mol. The van der Waals surface area contributed by atoms with Gasteiger partial charge in [-0.25, -0.2) is 0 Å². The predicted octanol–water partition coefficient (Wildman–Crippen LogP) is 2.15. The van der Waals surface area contributed by atoms with Crippen molar-refractivity contribution < 1.29 is 9.00 Å². The summed E-state index contributed by atoms with van der Waals surface area (Å²) in [5.41, 5.74) is 7.09. The van der Waals surface area contributed by atoms with Gasteiger partial charge in [-0.05, 0) is 28.6 Å². The molecule has 0 radical (unpaired) electrons. The first kappa shape index (κ1) is 13.0. The molecule has 2 N–H and O–H groups in total. The normalized spacial score (nSPS) is 12.2. The second-order valence-corrected chi connectivity index (χ2v) is 6.28. The van der Waals surface area contributed by atoms with Gasteiger partial charge in [-0.2, -0.15) is 0 Å². The highest BCUT2D eigenvalue weighted by Crippen LogP contribution is 2.25. The summed E-state index contributed by atoms with van der Waals surface area (Å²) < 4.78 is 11.6. The van der Waals surface area contributed by atoms with Crippen molar-refractivity contribution in [2.45, 2.75) is 5.75 Å². The molecule has 1 aromatic heterocycles. The Hall–Kier alpha value is -1.46. The zero-order valence-electron chi connectivity index (χ0n) is 9.67. The number of rotatable bonds is 5. The Balaban J connectivity index is 2.13. The lowest BCUT2D eigenvalue weighted by Crippen LogP contribution is -2.20. The SMILES string of the molecule is NC(=O)C[S@](=O)Cc1cccc(-c2cccs2)c1. The van der Waals surface area contributed by atoms with Gasteiger partial charge in [0.2, 0.25) is 5.91 Å². The lowest BCUT2D eigenvalue weighted by Gasteiger charge is -2.03. The van der Waals surface area contributed by atoms with E-state index in [9.17, 15) is 9.00 Å². The molecular weight excluding hydrogens is 266 g/mol. The summed E-state index contributed by atoms with van der Waals surface area (Å²) >= 11 is 1.66. The number of nitrogens with two attached hydrogens (primary N) is 1. The molecule has 1 heterocycles. The first-order chi connectivity index (χ1) is 8.65. The van der Waals surface area contributed by atoms with Crippen LogP contribution < -0.4 is 5.73 Å². The molecule has 2 rings (SSSR count). The summed E-state index contributed by atoms with van der Waals surface area (Å²) in [6, 6.07) is 11.9. The van der Waals surface area contributed by atoms with Gasteiger partial charge in [0.25, 0.3) is 0 Å². The minimum Gasteiger partial charge on any atom is -0.369 e. The van der Waals surface area contributed by atoms with Gasteiger partial charge in [-0.3, -0.25) is 9.00 Å². The number of primary amides is 1. The van der Waals surface area contributed by atoms with E-state index in [0.29, 0.717) is 5.75 Å². The van der Waals surface area contributed by atoms with Crippen LogP contribution in [0, 0.1) is 0 Å². The smallest absolute Gasteiger partial charge is 0.230 e. The van der Waals surface area contributed by atoms with E-state index in [-0.39, 0.29) is 5.75 Å². The standard InChI is InChI=1S/C13H13NO2S2/c14-13(15)9-18(16)8-10-3-1-4-11(7-10)12-5-2-6-17-12/h1-7H,8-9H2,(H2,14,15)/t18-/m1/s1. The van der Waals surface area contributed by atoms with Crippen LogP contribution in [0.1, 0.15) is 5.56 Å². The minimum atomic E-state index is -1.23. The summed E-state index contributed by atoms with van der Waals surface area (Å²) in [5, 5.41) is 2.02.